The molecule has 1 aromatic rings. The highest BCUT2D eigenvalue weighted by atomic mass is 35.5. The molecule has 102 valence electrons. The van der Waals surface area contributed by atoms with Gasteiger partial charge in [0, 0.05) is 6.92 Å². The highest BCUT2D eigenvalue weighted by Gasteiger charge is 2.41. The van der Waals surface area contributed by atoms with Gasteiger partial charge in [-0.25, -0.2) is 0 Å². The zero-order valence-corrected chi connectivity index (χ0v) is 11.4. The minimum Gasteiger partial charge on any atom is -0.342 e. The molecule has 0 aliphatic heterocycles. The number of nitrogens with two attached hydrogens (primary N) is 1. The lowest BCUT2D eigenvalue weighted by Crippen LogP contribution is -2.50. The van der Waals surface area contributed by atoms with E-state index in [2.05, 4.69) is 15.5 Å². The van der Waals surface area contributed by atoms with Gasteiger partial charge in [0.05, 0.1) is 6.04 Å². The van der Waals surface area contributed by atoms with Gasteiger partial charge in [0.25, 0.3) is 0 Å². The molecule has 3 N–H and O–H groups in total. The average molecular weight is 275 g/mol. The second-order valence-electron chi connectivity index (χ2n) is 4.70. The van der Waals surface area contributed by atoms with Crippen LogP contribution < -0.4 is 11.1 Å². The average Bonchev–Trinajstić information content (AvgIpc) is 2.87. The summed E-state index contributed by atoms with van der Waals surface area (Å²) in [5.74, 6) is 0.914. The molecule has 0 bridgehead atoms. The molecular formula is C11H19ClN4O2. The van der Waals surface area contributed by atoms with E-state index in [0.29, 0.717) is 11.7 Å². The van der Waals surface area contributed by atoms with Crippen molar-refractivity contribution in [1.29, 1.82) is 0 Å². The number of carbonyl (C=O) groups excluding carboxylic acids is 1. The SMILES string of the molecule is Cc1nc(C2(NC(=O)[C@H](C)N)CCCC2)no1.Cl. The molecule has 0 spiro atoms. The topological polar surface area (TPSA) is 94.0 Å². The lowest BCUT2D eigenvalue weighted by atomic mass is 9.96. The minimum atomic E-state index is -0.527. The van der Waals surface area contributed by atoms with Crippen molar-refractivity contribution in [3.63, 3.8) is 0 Å². The number of rotatable bonds is 3. The highest BCUT2D eigenvalue weighted by molar-refractivity contribution is 5.85. The van der Waals surface area contributed by atoms with Crippen molar-refractivity contribution in [2.45, 2.75) is 51.1 Å². The quantitative estimate of drug-likeness (QED) is 0.859. The van der Waals surface area contributed by atoms with E-state index in [1.165, 1.54) is 0 Å². The number of aromatic nitrogens is 2. The van der Waals surface area contributed by atoms with Crippen molar-refractivity contribution in [1.82, 2.24) is 15.5 Å². The third-order valence-corrected chi connectivity index (χ3v) is 3.19. The van der Waals surface area contributed by atoms with Crippen molar-refractivity contribution >= 4 is 18.3 Å². The van der Waals surface area contributed by atoms with E-state index < -0.39 is 11.6 Å². The van der Waals surface area contributed by atoms with Crippen LogP contribution in [0.2, 0.25) is 0 Å². The van der Waals surface area contributed by atoms with Crippen molar-refractivity contribution in [2.75, 3.05) is 0 Å². The molecule has 7 heteroatoms. The largest absolute Gasteiger partial charge is 0.342 e. The molecule has 1 heterocycles. The van der Waals surface area contributed by atoms with Crippen molar-refractivity contribution < 1.29 is 9.32 Å². The zero-order chi connectivity index (χ0) is 12.5. The van der Waals surface area contributed by atoms with E-state index in [1.807, 2.05) is 0 Å². The number of nitrogens with one attached hydrogen (secondary N) is 1. The summed E-state index contributed by atoms with van der Waals surface area (Å²) in [7, 11) is 0. The maximum atomic E-state index is 11.8. The van der Waals surface area contributed by atoms with Crippen LogP contribution in [0, 0.1) is 6.92 Å². The molecule has 0 unspecified atom stereocenters. The van der Waals surface area contributed by atoms with Gasteiger partial charge < -0.3 is 15.6 Å². The first-order chi connectivity index (χ1) is 8.03. The fraction of sp³-hybridized carbons (Fsp3) is 0.727. The van der Waals surface area contributed by atoms with Crippen molar-refractivity contribution in [3.8, 4) is 0 Å². The Morgan fingerprint density at radius 2 is 2.11 bits per heavy atom. The molecule has 0 saturated heterocycles. The summed E-state index contributed by atoms with van der Waals surface area (Å²) in [6.45, 7) is 3.41. The number of hydrogen-bond donors (Lipinski definition) is 2. The van der Waals surface area contributed by atoms with Gasteiger partial charge in [-0.3, -0.25) is 4.79 Å². The van der Waals surface area contributed by atoms with E-state index >= 15 is 0 Å². The molecule has 1 aromatic heterocycles. The van der Waals surface area contributed by atoms with Crippen LogP contribution in [-0.2, 0) is 10.3 Å². The van der Waals surface area contributed by atoms with E-state index in [-0.39, 0.29) is 18.3 Å². The van der Waals surface area contributed by atoms with E-state index in [9.17, 15) is 4.79 Å². The number of halogens is 1. The maximum absolute atomic E-state index is 11.8. The third kappa shape index (κ3) is 2.81. The maximum Gasteiger partial charge on any atom is 0.237 e. The van der Waals surface area contributed by atoms with E-state index in [4.69, 9.17) is 10.3 Å². The first-order valence-electron chi connectivity index (χ1n) is 5.92. The minimum absolute atomic E-state index is 0. The van der Waals surface area contributed by atoms with Crippen LogP contribution in [0.1, 0.15) is 44.3 Å². The summed E-state index contributed by atoms with van der Waals surface area (Å²) in [5, 5.41) is 6.91. The van der Waals surface area contributed by atoms with Gasteiger partial charge >= 0.3 is 0 Å². The Hall–Kier alpha value is -1.14. The van der Waals surface area contributed by atoms with Gasteiger partial charge in [0.15, 0.2) is 5.82 Å². The second kappa shape index (κ2) is 5.67. The van der Waals surface area contributed by atoms with Crippen LogP contribution in [0.3, 0.4) is 0 Å². The molecule has 1 aliphatic rings. The first-order valence-corrected chi connectivity index (χ1v) is 5.92. The van der Waals surface area contributed by atoms with Gasteiger partial charge in [0.1, 0.15) is 5.54 Å². The fourth-order valence-electron chi connectivity index (χ4n) is 2.23. The molecule has 1 amide bonds. The van der Waals surface area contributed by atoms with Crippen LogP contribution in [0.4, 0.5) is 0 Å². The molecule has 1 saturated carbocycles. The normalized spacial score (nSPS) is 19.1. The number of nitrogens with zero attached hydrogens (tertiary/aromatic N) is 2. The lowest BCUT2D eigenvalue weighted by Gasteiger charge is -2.27. The Kier molecular flexibility index (Phi) is 4.70. The molecule has 2 rings (SSSR count). The molecule has 18 heavy (non-hydrogen) atoms. The van der Waals surface area contributed by atoms with Crippen LogP contribution >= 0.6 is 12.4 Å². The van der Waals surface area contributed by atoms with Gasteiger partial charge in [-0.1, -0.05) is 18.0 Å². The molecule has 6 nitrogen and oxygen atoms in total. The van der Waals surface area contributed by atoms with Crippen LogP contribution in [0.25, 0.3) is 0 Å². The number of carbonyl (C=O) groups is 1. The molecule has 0 radical (unpaired) electrons. The summed E-state index contributed by atoms with van der Waals surface area (Å²) in [6, 6.07) is -0.527. The zero-order valence-electron chi connectivity index (χ0n) is 10.6. The molecular weight excluding hydrogens is 256 g/mol. The third-order valence-electron chi connectivity index (χ3n) is 3.19. The summed E-state index contributed by atoms with van der Waals surface area (Å²) < 4.78 is 5.00. The van der Waals surface area contributed by atoms with Gasteiger partial charge in [-0.05, 0) is 19.8 Å². The Morgan fingerprint density at radius 1 is 1.50 bits per heavy atom. The predicted molar refractivity (Wildman–Crippen MR) is 68.2 cm³/mol. The molecule has 1 aliphatic carbocycles. The monoisotopic (exact) mass is 274 g/mol. The van der Waals surface area contributed by atoms with Crippen molar-refractivity contribution in [3.05, 3.63) is 11.7 Å². The predicted octanol–water partition coefficient (Wildman–Crippen LogP) is 1.03. The second-order valence-corrected chi connectivity index (χ2v) is 4.70. The van der Waals surface area contributed by atoms with Crippen LogP contribution in [0.15, 0.2) is 4.52 Å². The van der Waals surface area contributed by atoms with Crippen LogP contribution in [-0.4, -0.2) is 22.1 Å². The summed E-state index contributed by atoms with van der Waals surface area (Å²) >= 11 is 0. The lowest BCUT2D eigenvalue weighted by molar-refractivity contribution is -0.124. The smallest absolute Gasteiger partial charge is 0.237 e. The van der Waals surface area contributed by atoms with E-state index in [1.54, 1.807) is 13.8 Å². The number of aryl methyl sites for hydroxylation is 1. The first kappa shape index (κ1) is 14.9. The fourth-order valence-corrected chi connectivity index (χ4v) is 2.23. The highest BCUT2D eigenvalue weighted by Crippen LogP contribution is 2.37. The molecule has 1 fully saturated rings. The summed E-state index contributed by atoms with van der Waals surface area (Å²) in [6.07, 6.45) is 3.77. The van der Waals surface area contributed by atoms with Gasteiger partial charge in [-0.15, -0.1) is 12.4 Å². The van der Waals surface area contributed by atoms with Gasteiger partial charge in [0.2, 0.25) is 11.8 Å². The number of amides is 1. The standard InChI is InChI=1S/C11H18N4O2.ClH/c1-7(12)9(16)14-11(5-3-4-6-11)10-13-8(2)17-15-10;/h7H,3-6,12H2,1-2H3,(H,14,16);1H/t7-;/m0./s1. The van der Waals surface area contributed by atoms with Crippen molar-refractivity contribution in [2.24, 2.45) is 5.73 Å². The number of hydrogen-bond acceptors (Lipinski definition) is 5. The van der Waals surface area contributed by atoms with E-state index in [0.717, 1.165) is 25.7 Å². The Labute approximate surface area is 112 Å². The molecule has 0 aromatic carbocycles. The summed E-state index contributed by atoms with van der Waals surface area (Å²) in [4.78, 5) is 16.0. The Balaban J connectivity index is 0.00000162. The Morgan fingerprint density at radius 3 is 2.56 bits per heavy atom. The Bertz CT molecular complexity index is 413. The van der Waals surface area contributed by atoms with Crippen LogP contribution in [0.5, 0.6) is 0 Å². The summed E-state index contributed by atoms with van der Waals surface area (Å²) in [5.41, 5.74) is 5.10. The van der Waals surface area contributed by atoms with Gasteiger partial charge in [-0.2, -0.15) is 4.98 Å². The molecule has 1 atom stereocenters.